The van der Waals surface area contributed by atoms with Crippen LogP contribution in [0.15, 0.2) is 42.5 Å². The molecule has 108 valence electrons. The van der Waals surface area contributed by atoms with Gasteiger partial charge >= 0.3 is 0 Å². The minimum absolute atomic E-state index is 0.0444. The van der Waals surface area contributed by atoms with E-state index in [4.69, 9.17) is 4.74 Å². The Bertz CT molecular complexity index is 582. The van der Waals surface area contributed by atoms with Gasteiger partial charge in [0.25, 0.3) is 0 Å². The van der Waals surface area contributed by atoms with Crippen LogP contribution in [0.25, 0.3) is 0 Å². The number of benzene rings is 1. The number of ether oxygens (including phenoxy) is 1. The highest BCUT2D eigenvalue weighted by molar-refractivity contribution is 7.89. The lowest BCUT2D eigenvalue weighted by Gasteiger charge is -2.30. The highest BCUT2D eigenvalue weighted by Gasteiger charge is 2.41. The monoisotopic (exact) mass is 293 g/mol. The molecule has 1 saturated heterocycles. The summed E-state index contributed by atoms with van der Waals surface area (Å²) in [5.41, 5.74) is 0. The molecule has 2 unspecified atom stereocenters. The molecule has 20 heavy (non-hydrogen) atoms. The molecule has 2 bridgehead atoms. The molecule has 2 heterocycles. The van der Waals surface area contributed by atoms with Crippen molar-refractivity contribution in [3.05, 3.63) is 42.5 Å². The van der Waals surface area contributed by atoms with Crippen LogP contribution < -0.4 is 4.74 Å². The SMILES string of the molecule is O=S(=O)(CCOc1ccccc1)N1C2C=CCC1CC2. The van der Waals surface area contributed by atoms with Crippen molar-refractivity contribution in [1.82, 2.24) is 4.31 Å². The summed E-state index contributed by atoms with van der Waals surface area (Å²) >= 11 is 0. The third-order valence-electron chi connectivity index (χ3n) is 3.92. The van der Waals surface area contributed by atoms with E-state index in [0.29, 0.717) is 5.75 Å². The zero-order valence-corrected chi connectivity index (χ0v) is 12.1. The van der Waals surface area contributed by atoms with Crippen LogP contribution in [0.3, 0.4) is 0 Å². The Morgan fingerprint density at radius 2 is 2.00 bits per heavy atom. The number of hydrogen-bond donors (Lipinski definition) is 0. The summed E-state index contributed by atoms with van der Waals surface area (Å²) in [6.45, 7) is 0.200. The Labute approximate surface area is 120 Å². The second-order valence-electron chi connectivity index (χ2n) is 5.27. The number of nitrogens with zero attached hydrogens (tertiary/aromatic N) is 1. The normalized spacial score (nSPS) is 25.8. The van der Waals surface area contributed by atoms with Crippen LogP contribution in [0.4, 0.5) is 0 Å². The first-order valence-corrected chi connectivity index (χ1v) is 8.63. The molecule has 5 heteroatoms. The van der Waals surface area contributed by atoms with Gasteiger partial charge < -0.3 is 4.74 Å². The van der Waals surface area contributed by atoms with E-state index >= 15 is 0 Å². The van der Waals surface area contributed by atoms with Crippen LogP contribution in [0.2, 0.25) is 0 Å². The van der Waals surface area contributed by atoms with E-state index in [1.54, 1.807) is 4.31 Å². The van der Waals surface area contributed by atoms with Crippen molar-refractivity contribution >= 4 is 10.0 Å². The molecule has 0 amide bonds. The summed E-state index contributed by atoms with van der Waals surface area (Å²) in [7, 11) is -3.23. The van der Waals surface area contributed by atoms with Gasteiger partial charge in [-0.15, -0.1) is 0 Å². The lowest BCUT2D eigenvalue weighted by Crippen LogP contribution is -2.44. The van der Waals surface area contributed by atoms with E-state index in [1.165, 1.54) is 0 Å². The lowest BCUT2D eigenvalue weighted by molar-refractivity contribution is 0.318. The first-order chi connectivity index (χ1) is 9.67. The molecule has 0 spiro atoms. The number of para-hydroxylation sites is 1. The Kier molecular flexibility index (Phi) is 3.81. The molecule has 1 aromatic rings. The first-order valence-electron chi connectivity index (χ1n) is 7.02. The Hall–Kier alpha value is -1.33. The maximum absolute atomic E-state index is 12.4. The summed E-state index contributed by atoms with van der Waals surface area (Å²) < 4.78 is 32.1. The van der Waals surface area contributed by atoms with E-state index in [0.717, 1.165) is 19.3 Å². The maximum Gasteiger partial charge on any atom is 0.218 e. The van der Waals surface area contributed by atoms with Crippen molar-refractivity contribution in [2.45, 2.75) is 31.3 Å². The van der Waals surface area contributed by atoms with Gasteiger partial charge in [-0.3, -0.25) is 0 Å². The van der Waals surface area contributed by atoms with Crippen LogP contribution in [-0.2, 0) is 10.0 Å². The van der Waals surface area contributed by atoms with Crippen molar-refractivity contribution in [2.24, 2.45) is 0 Å². The third kappa shape index (κ3) is 2.74. The summed E-state index contributed by atoms with van der Waals surface area (Å²) in [6.07, 6.45) is 6.89. The number of hydrogen-bond acceptors (Lipinski definition) is 3. The average Bonchev–Trinajstić information content (AvgIpc) is 2.72. The molecule has 0 aliphatic carbocycles. The smallest absolute Gasteiger partial charge is 0.218 e. The van der Waals surface area contributed by atoms with Crippen molar-refractivity contribution in [2.75, 3.05) is 12.4 Å². The summed E-state index contributed by atoms with van der Waals surface area (Å²) in [5.74, 6) is 0.757. The predicted molar refractivity (Wildman–Crippen MR) is 78.1 cm³/mol. The number of fused-ring (bicyclic) bond motifs is 2. The second kappa shape index (κ2) is 5.58. The highest BCUT2D eigenvalue weighted by Crippen LogP contribution is 2.34. The first kappa shape index (κ1) is 13.6. The molecule has 1 aromatic carbocycles. The minimum atomic E-state index is -3.23. The van der Waals surface area contributed by atoms with E-state index < -0.39 is 10.0 Å². The minimum Gasteiger partial charge on any atom is -0.492 e. The van der Waals surface area contributed by atoms with Gasteiger partial charge in [0.05, 0.1) is 5.75 Å². The summed E-state index contributed by atoms with van der Waals surface area (Å²) in [6, 6.07) is 9.54. The third-order valence-corrected chi connectivity index (χ3v) is 5.82. The molecule has 0 aromatic heterocycles. The van der Waals surface area contributed by atoms with Gasteiger partial charge in [-0.2, -0.15) is 4.31 Å². The standard InChI is InChI=1S/C15H19NO3S/c17-20(18,12-11-19-15-7-2-1-3-8-15)16-13-5-4-6-14(16)10-9-13/h1-5,7-8,13-14H,6,9-12H2. The fraction of sp³-hybridized carbons (Fsp3) is 0.467. The zero-order valence-electron chi connectivity index (χ0n) is 11.3. The van der Waals surface area contributed by atoms with E-state index in [1.807, 2.05) is 36.4 Å². The molecule has 2 aliphatic heterocycles. The van der Waals surface area contributed by atoms with Gasteiger partial charge in [0.1, 0.15) is 12.4 Å². The van der Waals surface area contributed by atoms with Crippen LogP contribution in [0, 0.1) is 0 Å². The Morgan fingerprint density at radius 1 is 1.20 bits per heavy atom. The van der Waals surface area contributed by atoms with Crippen molar-refractivity contribution in [3.63, 3.8) is 0 Å². The van der Waals surface area contributed by atoms with Gasteiger partial charge in [-0.1, -0.05) is 30.4 Å². The molecule has 0 radical (unpaired) electrons. The second-order valence-corrected chi connectivity index (χ2v) is 7.26. The molecule has 0 N–H and O–H groups in total. The quantitative estimate of drug-likeness (QED) is 0.782. The topological polar surface area (TPSA) is 46.6 Å². The molecule has 2 aliphatic rings. The van der Waals surface area contributed by atoms with E-state index in [2.05, 4.69) is 6.08 Å². The molecule has 2 atom stereocenters. The van der Waals surface area contributed by atoms with Gasteiger partial charge in [-0.25, -0.2) is 8.42 Å². The maximum atomic E-state index is 12.4. The summed E-state index contributed by atoms with van der Waals surface area (Å²) in [4.78, 5) is 0. The molecular weight excluding hydrogens is 274 g/mol. The van der Waals surface area contributed by atoms with Crippen molar-refractivity contribution in [3.8, 4) is 5.75 Å². The molecule has 1 fully saturated rings. The van der Waals surface area contributed by atoms with Gasteiger partial charge in [0.15, 0.2) is 0 Å². The van der Waals surface area contributed by atoms with Crippen LogP contribution in [-0.4, -0.2) is 37.2 Å². The van der Waals surface area contributed by atoms with Gasteiger partial charge in [0.2, 0.25) is 10.0 Å². The fourth-order valence-electron chi connectivity index (χ4n) is 3.00. The van der Waals surface area contributed by atoms with Crippen LogP contribution in [0.5, 0.6) is 5.75 Å². The fourth-order valence-corrected chi connectivity index (χ4v) is 4.74. The predicted octanol–water partition coefficient (Wildman–Crippen LogP) is 2.19. The molecule has 4 nitrogen and oxygen atoms in total. The Balaban J connectivity index is 1.61. The largest absolute Gasteiger partial charge is 0.492 e. The van der Waals surface area contributed by atoms with Gasteiger partial charge in [-0.05, 0) is 31.4 Å². The van der Waals surface area contributed by atoms with Crippen LogP contribution >= 0.6 is 0 Å². The number of sulfonamides is 1. The zero-order chi connectivity index (χ0) is 14.0. The van der Waals surface area contributed by atoms with Crippen molar-refractivity contribution < 1.29 is 13.2 Å². The molecule has 3 rings (SSSR count). The highest BCUT2D eigenvalue weighted by atomic mass is 32.2. The van der Waals surface area contributed by atoms with Gasteiger partial charge in [0, 0.05) is 12.1 Å². The molecular formula is C15H19NO3S. The summed E-state index contributed by atoms with van der Waals surface area (Å²) in [5, 5.41) is 0. The number of rotatable bonds is 5. The van der Waals surface area contributed by atoms with E-state index in [-0.39, 0.29) is 24.4 Å². The molecule has 0 saturated carbocycles. The Morgan fingerprint density at radius 3 is 2.75 bits per heavy atom. The average molecular weight is 293 g/mol. The van der Waals surface area contributed by atoms with E-state index in [9.17, 15) is 8.42 Å². The van der Waals surface area contributed by atoms with Crippen molar-refractivity contribution in [1.29, 1.82) is 0 Å². The van der Waals surface area contributed by atoms with Crippen LogP contribution in [0.1, 0.15) is 19.3 Å². The lowest BCUT2D eigenvalue weighted by atomic mass is 10.2.